The zero-order valence-electron chi connectivity index (χ0n) is 8.94. The first-order valence-corrected chi connectivity index (χ1v) is 4.59. The van der Waals surface area contributed by atoms with Gasteiger partial charge in [-0.25, -0.2) is 0 Å². The summed E-state index contributed by atoms with van der Waals surface area (Å²) in [6, 6.07) is 4.56. The highest BCUT2D eigenvalue weighted by atomic mass is 35.5. The lowest BCUT2D eigenvalue weighted by Gasteiger charge is -2.19. The maximum absolute atomic E-state index is 12.1. The molecule has 0 heterocycles. The molecule has 3 nitrogen and oxygen atoms in total. The Bertz CT molecular complexity index is 358. The van der Waals surface area contributed by atoms with E-state index in [1.54, 1.807) is 0 Å². The largest absolute Gasteiger partial charge is 0.573 e. The Morgan fingerprint density at radius 3 is 2.29 bits per heavy atom. The Morgan fingerprint density at radius 1 is 1.29 bits per heavy atom. The first-order valence-electron chi connectivity index (χ1n) is 4.59. The molecule has 0 fully saturated rings. The van der Waals surface area contributed by atoms with Crippen molar-refractivity contribution in [2.75, 3.05) is 0 Å². The van der Waals surface area contributed by atoms with Crippen molar-refractivity contribution in [2.24, 2.45) is 5.73 Å². The van der Waals surface area contributed by atoms with E-state index < -0.39 is 18.5 Å². The predicted molar refractivity (Wildman–Crippen MR) is 59.0 cm³/mol. The first-order chi connectivity index (χ1) is 7.31. The third-order valence-corrected chi connectivity index (χ3v) is 2.02. The van der Waals surface area contributed by atoms with Crippen LogP contribution in [0.15, 0.2) is 24.3 Å². The summed E-state index contributed by atoms with van der Waals surface area (Å²) in [5.74, 6) is -0.386. The normalized spacial score (nSPS) is 14.7. The number of halogens is 4. The van der Waals surface area contributed by atoms with E-state index in [4.69, 9.17) is 5.73 Å². The quantitative estimate of drug-likeness (QED) is 0.887. The number of para-hydroxylation sites is 1. The summed E-state index contributed by atoms with van der Waals surface area (Å²) in [5, 5.41) is 9.24. The molecule has 0 aliphatic rings. The Kier molecular flexibility index (Phi) is 5.74. The highest BCUT2D eigenvalue weighted by molar-refractivity contribution is 5.85. The van der Waals surface area contributed by atoms with Gasteiger partial charge in [-0.15, -0.1) is 25.6 Å². The van der Waals surface area contributed by atoms with Gasteiger partial charge in [0.25, 0.3) is 0 Å². The van der Waals surface area contributed by atoms with Crippen LogP contribution in [0.3, 0.4) is 0 Å². The molecule has 0 saturated carbocycles. The van der Waals surface area contributed by atoms with Gasteiger partial charge in [0.15, 0.2) is 0 Å². The van der Waals surface area contributed by atoms with Crippen LogP contribution in [0, 0.1) is 0 Å². The van der Waals surface area contributed by atoms with Crippen LogP contribution in [0.1, 0.15) is 18.5 Å². The zero-order valence-corrected chi connectivity index (χ0v) is 9.76. The number of alkyl halides is 3. The highest BCUT2D eigenvalue weighted by Gasteiger charge is 2.32. The Hall–Kier alpha value is -0.980. The smallest absolute Gasteiger partial charge is 0.405 e. The van der Waals surface area contributed by atoms with Crippen molar-refractivity contribution in [1.29, 1.82) is 0 Å². The molecule has 0 spiro atoms. The van der Waals surface area contributed by atoms with E-state index in [1.165, 1.54) is 25.1 Å². The molecule has 98 valence electrons. The van der Waals surface area contributed by atoms with Gasteiger partial charge in [-0.1, -0.05) is 18.2 Å². The molecule has 0 radical (unpaired) electrons. The van der Waals surface area contributed by atoms with Gasteiger partial charge in [0.2, 0.25) is 0 Å². The van der Waals surface area contributed by atoms with Crippen LogP contribution in [0.25, 0.3) is 0 Å². The number of nitrogens with two attached hydrogens (primary N) is 1. The summed E-state index contributed by atoms with van der Waals surface area (Å²) in [4.78, 5) is 0. The average molecular weight is 272 g/mol. The molecule has 0 aromatic heterocycles. The van der Waals surface area contributed by atoms with Crippen LogP contribution in [0.4, 0.5) is 13.2 Å². The summed E-state index contributed by atoms with van der Waals surface area (Å²) in [5.41, 5.74) is 5.68. The molecule has 0 aliphatic heterocycles. The number of rotatable bonds is 3. The second kappa shape index (κ2) is 6.09. The van der Waals surface area contributed by atoms with Crippen molar-refractivity contribution in [2.45, 2.75) is 25.4 Å². The zero-order chi connectivity index (χ0) is 12.3. The predicted octanol–water partition coefficient (Wildman–Crippen LogP) is 2.39. The van der Waals surface area contributed by atoms with E-state index in [2.05, 4.69) is 4.74 Å². The molecule has 0 bridgehead atoms. The number of aliphatic hydroxyl groups excluding tert-OH is 1. The highest BCUT2D eigenvalue weighted by Crippen LogP contribution is 2.30. The van der Waals surface area contributed by atoms with E-state index in [-0.39, 0.29) is 23.7 Å². The summed E-state index contributed by atoms with van der Waals surface area (Å²) in [6.45, 7) is 1.40. The van der Waals surface area contributed by atoms with E-state index in [9.17, 15) is 18.3 Å². The van der Waals surface area contributed by atoms with Crippen LogP contribution >= 0.6 is 12.4 Å². The van der Waals surface area contributed by atoms with Gasteiger partial charge < -0.3 is 15.6 Å². The Balaban J connectivity index is 0.00000256. The minimum atomic E-state index is -4.77. The van der Waals surface area contributed by atoms with E-state index in [1.807, 2.05) is 0 Å². The topological polar surface area (TPSA) is 55.5 Å². The number of hydrogen-bond donors (Lipinski definition) is 2. The summed E-state index contributed by atoms with van der Waals surface area (Å²) in [7, 11) is 0. The Morgan fingerprint density at radius 2 is 1.82 bits per heavy atom. The fourth-order valence-electron chi connectivity index (χ4n) is 1.23. The molecule has 0 amide bonds. The van der Waals surface area contributed by atoms with Crippen LogP contribution in [-0.4, -0.2) is 17.6 Å². The number of aliphatic hydroxyl groups is 1. The standard InChI is InChI=1S/C10H12F3NO2.ClH/c1-6(15)9(14)7-4-2-3-5-8(7)16-10(11,12)13;/h2-6,9,15H,14H2,1H3;1H/t6-,9-;/m1./s1. The maximum Gasteiger partial charge on any atom is 0.573 e. The van der Waals surface area contributed by atoms with E-state index in [0.29, 0.717) is 0 Å². The minimum Gasteiger partial charge on any atom is -0.405 e. The summed E-state index contributed by atoms with van der Waals surface area (Å²) < 4.78 is 40.0. The van der Waals surface area contributed by atoms with Gasteiger partial charge in [0.05, 0.1) is 12.1 Å². The van der Waals surface area contributed by atoms with Crippen molar-refractivity contribution < 1.29 is 23.0 Å². The van der Waals surface area contributed by atoms with Crippen LogP contribution in [0.5, 0.6) is 5.75 Å². The van der Waals surface area contributed by atoms with E-state index >= 15 is 0 Å². The molecule has 1 aromatic rings. The van der Waals surface area contributed by atoms with E-state index in [0.717, 1.165) is 6.07 Å². The first kappa shape index (κ1) is 16.0. The fourth-order valence-corrected chi connectivity index (χ4v) is 1.23. The van der Waals surface area contributed by atoms with Crippen molar-refractivity contribution in [3.63, 3.8) is 0 Å². The molecular formula is C10H13ClF3NO2. The molecule has 2 atom stereocenters. The van der Waals surface area contributed by atoms with Crippen molar-refractivity contribution in [3.05, 3.63) is 29.8 Å². The van der Waals surface area contributed by atoms with Gasteiger partial charge in [-0.2, -0.15) is 0 Å². The molecule has 1 rings (SSSR count). The van der Waals surface area contributed by atoms with Gasteiger partial charge >= 0.3 is 6.36 Å². The second-order valence-electron chi connectivity index (χ2n) is 3.35. The molecule has 17 heavy (non-hydrogen) atoms. The van der Waals surface area contributed by atoms with Crippen molar-refractivity contribution in [3.8, 4) is 5.75 Å². The molecule has 1 aromatic carbocycles. The number of hydrogen-bond acceptors (Lipinski definition) is 3. The fraction of sp³-hybridized carbons (Fsp3) is 0.400. The monoisotopic (exact) mass is 271 g/mol. The van der Waals surface area contributed by atoms with Gasteiger partial charge in [0, 0.05) is 5.56 Å². The second-order valence-corrected chi connectivity index (χ2v) is 3.35. The molecule has 0 aliphatic carbocycles. The summed E-state index contributed by atoms with van der Waals surface area (Å²) in [6.07, 6.45) is -5.73. The lowest BCUT2D eigenvalue weighted by atomic mass is 10.0. The SMILES string of the molecule is C[C@@H](O)[C@@H](N)c1ccccc1OC(F)(F)F.Cl. The van der Waals surface area contributed by atoms with Crippen molar-refractivity contribution >= 4 is 12.4 Å². The number of ether oxygens (including phenoxy) is 1. The van der Waals surface area contributed by atoms with Gasteiger partial charge in [0.1, 0.15) is 5.75 Å². The van der Waals surface area contributed by atoms with Crippen molar-refractivity contribution in [1.82, 2.24) is 0 Å². The molecular weight excluding hydrogens is 259 g/mol. The molecule has 7 heteroatoms. The summed E-state index contributed by atoms with van der Waals surface area (Å²) >= 11 is 0. The van der Waals surface area contributed by atoms with Gasteiger partial charge in [-0.3, -0.25) is 0 Å². The molecule has 0 saturated heterocycles. The Labute approximate surface area is 103 Å². The van der Waals surface area contributed by atoms with Gasteiger partial charge in [-0.05, 0) is 13.0 Å². The minimum absolute atomic E-state index is 0. The number of benzene rings is 1. The van der Waals surface area contributed by atoms with Crippen LogP contribution in [0.2, 0.25) is 0 Å². The van der Waals surface area contributed by atoms with Crippen LogP contribution < -0.4 is 10.5 Å². The average Bonchev–Trinajstić information content (AvgIpc) is 2.15. The maximum atomic E-state index is 12.1. The lowest BCUT2D eigenvalue weighted by molar-refractivity contribution is -0.275. The lowest BCUT2D eigenvalue weighted by Crippen LogP contribution is -2.25. The third-order valence-electron chi connectivity index (χ3n) is 2.02. The third kappa shape index (κ3) is 4.80. The molecule has 3 N–H and O–H groups in total. The van der Waals surface area contributed by atoms with Crippen LogP contribution in [-0.2, 0) is 0 Å². The molecule has 0 unspecified atom stereocenters.